The van der Waals surface area contributed by atoms with Crippen LogP contribution in [-0.4, -0.2) is 0 Å². The average Bonchev–Trinajstić information content (AvgIpc) is 2.26. The zero-order valence-corrected chi connectivity index (χ0v) is 11.6. The highest BCUT2D eigenvalue weighted by molar-refractivity contribution is 9.10. The quantitative estimate of drug-likeness (QED) is 0.588. The van der Waals surface area contributed by atoms with Gasteiger partial charge in [0.25, 0.3) is 0 Å². The first-order valence-corrected chi connectivity index (χ1v) is 6.86. The van der Waals surface area contributed by atoms with Crippen LogP contribution in [0.2, 0.25) is 5.02 Å². The van der Waals surface area contributed by atoms with Crippen LogP contribution in [0, 0.1) is 5.82 Å². The largest absolute Gasteiger partial charge is 0.351 e. The van der Waals surface area contributed by atoms with Crippen LogP contribution in [0.3, 0.4) is 0 Å². The lowest BCUT2D eigenvalue weighted by Crippen LogP contribution is -2.02. The third-order valence-electron chi connectivity index (χ3n) is 2.44. The molecular weight excluding hydrogens is 325 g/mol. The third kappa shape index (κ3) is 2.05. The molecule has 0 saturated carbocycles. The van der Waals surface area contributed by atoms with Crippen LogP contribution in [0.4, 0.5) is 15.8 Å². The first-order valence-electron chi connectivity index (χ1n) is 4.87. The molecule has 0 unspecified atom stereocenters. The van der Waals surface area contributed by atoms with E-state index in [4.69, 9.17) is 11.6 Å². The van der Waals surface area contributed by atoms with Gasteiger partial charge >= 0.3 is 0 Å². The van der Waals surface area contributed by atoms with Crippen LogP contribution in [0.5, 0.6) is 0 Å². The Bertz CT molecular complexity index is 618. The maximum atomic E-state index is 13.8. The molecule has 0 bridgehead atoms. The molecule has 1 aliphatic heterocycles. The molecule has 0 amide bonds. The van der Waals surface area contributed by atoms with Gasteiger partial charge in [-0.25, -0.2) is 4.39 Å². The Morgan fingerprint density at radius 1 is 1.18 bits per heavy atom. The molecule has 1 heterocycles. The van der Waals surface area contributed by atoms with E-state index in [0.717, 1.165) is 20.0 Å². The summed E-state index contributed by atoms with van der Waals surface area (Å²) in [6.07, 6.45) is 0. The predicted octanol–water partition coefficient (Wildman–Crippen LogP) is 5.45. The van der Waals surface area contributed by atoms with Crippen LogP contribution >= 0.6 is 39.3 Å². The van der Waals surface area contributed by atoms with Crippen LogP contribution in [-0.2, 0) is 0 Å². The summed E-state index contributed by atoms with van der Waals surface area (Å²) in [7, 11) is 0. The van der Waals surface area contributed by atoms with E-state index >= 15 is 0 Å². The van der Waals surface area contributed by atoms with Gasteiger partial charge in [0.1, 0.15) is 5.82 Å². The number of halogens is 3. The van der Waals surface area contributed by atoms with E-state index in [0.29, 0.717) is 10.7 Å². The van der Waals surface area contributed by atoms with E-state index in [1.54, 1.807) is 6.07 Å². The highest BCUT2D eigenvalue weighted by atomic mass is 79.9. The Morgan fingerprint density at radius 3 is 2.82 bits per heavy atom. The fraction of sp³-hybridized carbons (Fsp3) is 0. The van der Waals surface area contributed by atoms with Gasteiger partial charge in [-0.3, -0.25) is 0 Å². The van der Waals surface area contributed by atoms with Crippen molar-refractivity contribution in [3.8, 4) is 0 Å². The van der Waals surface area contributed by atoms with E-state index in [1.807, 2.05) is 18.2 Å². The Hall–Kier alpha value is -0.710. The number of hydrogen-bond donors (Lipinski definition) is 1. The van der Waals surface area contributed by atoms with Gasteiger partial charge in [0.05, 0.1) is 11.4 Å². The lowest BCUT2D eigenvalue weighted by Gasteiger charge is -2.21. The van der Waals surface area contributed by atoms with E-state index in [-0.39, 0.29) is 5.82 Å². The molecule has 0 saturated heterocycles. The van der Waals surface area contributed by atoms with Crippen LogP contribution in [0.15, 0.2) is 44.6 Å². The summed E-state index contributed by atoms with van der Waals surface area (Å²) in [5.41, 5.74) is 1.40. The van der Waals surface area contributed by atoms with Crippen LogP contribution in [0.25, 0.3) is 0 Å². The van der Waals surface area contributed by atoms with Gasteiger partial charge in [-0.1, -0.05) is 39.3 Å². The summed E-state index contributed by atoms with van der Waals surface area (Å²) in [5.74, 6) is -0.262. The Labute approximate surface area is 115 Å². The molecule has 0 fully saturated rings. The lowest BCUT2D eigenvalue weighted by molar-refractivity contribution is 0.627. The summed E-state index contributed by atoms with van der Waals surface area (Å²) >= 11 is 10.7. The maximum Gasteiger partial charge on any atom is 0.148 e. The van der Waals surface area contributed by atoms with E-state index in [2.05, 4.69) is 21.2 Å². The minimum atomic E-state index is -0.262. The molecule has 1 nitrogen and oxygen atoms in total. The highest BCUT2D eigenvalue weighted by Crippen LogP contribution is 2.46. The highest BCUT2D eigenvalue weighted by Gasteiger charge is 2.19. The number of nitrogens with one attached hydrogen (secondary N) is 1. The minimum Gasteiger partial charge on any atom is -0.351 e. The molecule has 0 radical (unpaired) electrons. The van der Waals surface area contributed by atoms with Crippen molar-refractivity contribution < 1.29 is 4.39 Å². The van der Waals surface area contributed by atoms with Gasteiger partial charge in [0, 0.05) is 19.3 Å². The lowest BCUT2D eigenvalue weighted by atomic mass is 10.2. The van der Waals surface area contributed by atoms with Crippen molar-refractivity contribution in [2.24, 2.45) is 0 Å². The molecule has 5 heteroatoms. The van der Waals surface area contributed by atoms with Crippen molar-refractivity contribution in [1.29, 1.82) is 0 Å². The summed E-state index contributed by atoms with van der Waals surface area (Å²) in [6.45, 7) is 0. The molecule has 0 aliphatic carbocycles. The Kier molecular flexibility index (Phi) is 2.81. The minimum absolute atomic E-state index is 0.262. The first kappa shape index (κ1) is 11.4. The topological polar surface area (TPSA) is 12.0 Å². The van der Waals surface area contributed by atoms with Crippen molar-refractivity contribution in [3.63, 3.8) is 0 Å². The zero-order valence-electron chi connectivity index (χ0n) is 8.43. The van der Waals surface area contributed by atoms with E-state index < -0.39 is 0 Å². The zero-order chi connectivity index (χ0) is 12.0. The van der Waals surface area contributed by atoms with Crippen molar-refractivity contribution >= 4 is 50.7 Å². The number of anilines is 2. The van der Waals surface area contributed by atoms with Crippen molar-refractivity contribution in [1.82, 2.24) is 0 Å². The second kappa shape index (κ2) is 4.19. The second-order valence-corrected chi connectivity index (χ2v) is 6.06. The van der Waals surface area contributed by atoms with E-state index in [1.165, 1.54) is 17.8 Å². The first-order chi connectivity index (χ1) is 8.13. The molecule has 3 rings (SSSR count). The van der Waals surface area contributed by atoms with Crippen molar-refractivity contribution in [3.05, 3.63) is 45.6 Å². The second-order valence-electron chi connectivity index (χ2n) is 3.63. The summed E-state index contributed by atoms with van der Waals surface area (Å²) in [6, 6.07) is 8.86. The van der Waals surface area contributed by atoms with Crippen LogP contribution in [0.1, 0.15) is 0 Å². The molecule has 1 N–H and O–H groups in total. The van der Waals surface area contributed by atoms with Gasteiger partial charge in [0.15, 0.2) is 0 Å². The summed E-state index contributed by atoms with van der Waals surface area (Å²) in [4.78, 5) is 1.86. The number of benzene rings is 2. The Balaban J connectivity index is 2.14. The maximum absolute atomic E-state index is 13.8. The monoisotopic (exact) mass is 329 g/mol. The molecule has 0 spiro atoms. The standard InChI is InChI=1S/C12H6BrClFNS/c13-6-3-8(15)12-11(4-6)17-10-5-7(14)1-2-9(10)16-12/h1-5,16H. The molecule has 2 aromatic rings. The normalized spacial score (nSPS) is 12.6. The van der Waals surface area contributed by atoms with E-state index in [9.17, 15) is 4.39 Å². The van der Waals surface area contributed by atoms with Gasteiger partial charge in [-0.2, -0.15) is 0 Å². The molecule has 1 aliphatic rings. The SMILES string of the molecule is Fc1cc(Br)cc2c1Nc1ccc(Cl)cc1S2. The fourth-order valence-electron chi connectivity index (χ4n) is 1.69. The average molecular weight is 331 g/mol. The fourth-order valence-corrected chi connectivity index (χ4v) is 3.60. The number of hydrogen-bond acceptors (Lipinski definition) is 2. The van der Waals surface area contributed by atoms with Crippen molar-refractivity contribution in [2.75, 3.05) is 5.32 Å². The molecule has 0 aromatic heterocycles. The van der Waals surface area contributed by atoms with Gasteiger partial charge in [0.2, 0.25) is 0 Å². The summed E-state index contributed by atoms with van der Waals surface area (Å²) in [5, 5.41) is 3.77. The Morgan fingerprint density at radius 2 is 2.00 bits per heavy atom. The number of fused-ring (bicyclic) bond motifs is 2. The van der Waals surface area contributed by atoms with Gasteiger partial charge in [-0.15, -0.1) is 0 Å². The summed E-state index contributed by atoms with van der Waals surface area (Å²) < 4.78 is 14.5. The number of rotatable bonds is 0. The molecule has 2 aromatic carbocycles. The van der Waals surface area contributed by atoms with Crippen LogP contribution < -0.4 is 5.32 Å². The van der Waals surface area contributed by atoms with Crippen molar-refractivity contribution in [2.45, 2.75) is 9.79 Å². The van der Waals surface area contributed by atoms with Gasteiger partial charge < -0.3 is 5.32 Å². The smallest absolute Gasteiger partial charge is 0.148 e. The van der Waals surface area contributed by atoms with Gasteiger partial charge in [-0.05, 0) is 30.3 Å². The third-order valence-corrected chi connectivity index (χ3v) is 4.23. The molecular formula is C12H6BrClFNS. The predicted molar refractivity (Wildman–Crippen MR) is 73.0 cm³/mol. The molecule has 0 atom stereocenters. The molecule has 17 heavy (non-hydrogen) atoms. The molecule has 86 valence electrons.